The van der Waals surface area contributed by atoms with Crippen LogP contribution in [0.2, 0.25) is 0 Å². The minimum absolute atomic E-state index is 0.238. The normalized spacial score (nSPS) is 17.2. The van der Waals surface area contributed by atoms with Gasteiger partial charge in [0, 0.05) is 44.4 Å². The molecule has 0 radical (unpaired) electrons. The van der Waals surface area contributed by atoms with E-state index in [4.69, 9.17) is 15.5 Å². The second kappa shape index (κ2) is 8.30. The van der Waals surface area contributed by atoms with E-state index in [1.165, 1.54) is 11.6 Å². The predicted molar refractivity (Wildman–Crippen MR) is 117 cm³/mol. The molecule has 0 saturated carbocycles. The molecule has 1 fully saturated rings. The molecule has 0 spiro atoms. The number of aromatic nitrogens is 4. The lowest BCUT2D eigenvalue weighted by Crippen LogP contribution is -2.26. The fraction of sp³-hybridized carbons (Fsp3) is 0.348. The van der Waals surface area contributed by atoms with Crippen molar-refractivity contribution >= 4 is 16.6 Å². The number of likely N-dealkylation sites (tertiary alicyclic amines) is 1. The molecule has 31 heavy (non-hydrogen) atoms. The van der Waals surface area contributed by atoms with E-state index in [1.54, 1.807) is 13.2 Å². The fourth-order valence-electron chi connectivity index (χ4n) is 4.18. The number of nitrogens with zero attached hydrogens (tertiary/aromatic N) is 5. The third-order valence-corrected chi connectivity index (χ3v) is 5.84. The van der Waals surface area contributed by atoms with Gasteiger partial charge < -0.3 is 10.5 Å². The maximum Gasteiger partial charge on any atom is 0.187 e. The van der Waals surface area contributed by atoms with Gasteiger partial charge in [-0.05, 0) is 48.2 Å². The largest absolute Gasteiger partial charge is 0.384 e. The van der Waals surface area contributed by atoms with Crippen LogP contribution in [0.25, 0.3) is 28.1 Å². The Hall–Kier alpha value is -2.94. The van der Waals surface area contributed by atoms with Gasteiger partial charge in [0.1, 0.15) is 11.5 Å². The monoisotopic (exact) mass is 420 g/mol. The van der Waals surface area contributed by atoms with Gasteiger partial charge in [-0.25, -0.2) is 9.37 Å². The maximum absolute atomic E-state index is 14.3. The Balaban J connectivity index is 1.50. The summed E-state index contributed by atoms with van der Waals surface area (Å²) in [6.45, 7) is 3.24. The van der Waals surface area contributed by atoms with Gasteiger partial charge in [0.2, 0.25) is 0 Å². The molecule has 0 amide bonds. The minimum atomic E-state index is -0.238. The molecule has 4 heterocycles. The van der Waals surface area contributed by atoms with Crippen molar-refractivity contribution < 1.29 is 9.13 Å². The fourth-order valence-corrected chi connectivity index (χ4v) is 4.18. The second-order valence-corrected chi connectivity index (χ2v) is 8.15. The molecule has 1 aromatic carbocycles. The predicted octanol–water partition coefficient (Wildman–Crippen LogP) is 2.81. The number of benzene rings is 1. The summed E-state index contributed by atoms with van der Waals surface area (Å²) in [7, 11) is 1.61. The van der Waals surface area contributed by atoms with Gasteiger partial charge in [0.15, 0.2) is 11.5 Å². The summed E-state index contributed by atoms with van der Waals surface area (Å²) in [6, 6.07) is 11.4. The molecule has 3 aromatic heterocycles. The number of rotatable bonds is 6. The van der Waals surface area contributed by atoms with Crippen molar-refractivity contribution in [2.24, 2.45) is 5.73 Å². The van der Waals surface area contributed by atoms with Crippen molar-refractivity contribution in [3.8, 4) is 11.5 Å². The zero-order chi connectivity index (χ0) is 21.4. The molecule has 1 aliphatic heterocycles. The van der Waals surface area contributed by atoms with E-state index in [-0.39, 0.29) is 11.9 Å². The summed E-state index contributed by atoms with van der Waals surface area (Å²) in [4.78, 5) is 7.12. The Bertz CT molecular complexity index is 1240. The molecular formula is C23H25FN6O. The summed E-state index contributed by atoms with van der Waals surface area (Å²) in [5.41, 5.74) is 9.99. The van der Waals surface area contributed by atoms with Gasteiger partial charge in [-0.15, -0.1) is 10.2 Å². The zero-order valence-electron chi connectivity index (χ0n) is 17.5. The standard InChI is InChI=1S/C23H25FN6O/c1-31-9-7-16-11-21-17(10-19(16)24)3-4-20(26-21)23-28-27-22-5-2-15(13-30(22)23)12-29-8-6-18(25)14-29/h2-5,10-11,13,18H,6-9,12,14,25H2,1H3. The van der Waals surface area contributed by atoms with E-state index in [1.807, 2.05) is 22.6 Å². The third kappa shape index (κ3) is 4.01. The number of hydrogen-bond acceptors (Lipinski definition) is 6. The summed E-state index contributed by atoms with van der Waals surface area (Å²) in [6.07, 6.45) is 3.60. The van der Waals surface area contributed by atoms with Crippen molar-refractivity contribution in [1.29, 1.82) is 0 Å². The SMILES string of the molecule is COCCc1cc2nc(-c3nnc4ccc(CN5CCC(N)C5)cn34)ccc2cc1F. The Morgan fingerprint density at radius 1 is 1.19 bits per heavy atom. The second-order valence-electron chi connectivity index (χ2n) is 8.15. The van der Waals surface area contributed by atoms with Crippen LogP contribution < -0.4 is 5.73 Å². The zero-order valence-corrected chi connectivity index (χ0v) is 17.5. The number of halogens is 1. The smallest absolute Gasteiger partial charge is 0.187 e. The first-order valence-corrected chi connectivity index (χ1v) is 10.5. The van der Waals surface area contributed by atoms with Gasteiger partial charge in [-0.1, -0.05) is 12.1 Å². The van der Waals surface area contributed by atoms with Gasteiger partial charge in [-0.3, -0.25) is 9.30 Å². The molecule has 5 rings (SSSR count). The van der Waals surface area contributed by atoms with Crippen LogP contribution in [0.3, 0.4) is 0 Å². The molecular weight excluding hydrogens is 395 g/mol. The van der Waals surface area contributed by atoms with Gasteiger partial charge in [0.25, 0.3) is 0 Å². The van der Waals surface area contributed by atoms with Crippen molar-refractivity contribution in [2.45, 2.75) is 25.4 Å². The van der Waals surface area contributed by atoms with Crippen LogP contribution in [0.15, 0.2) is 42.6 Å². The van der Waals surface area contributed by atoms with Crippen molar-refractivity contribution in [1.82, 2.24) is 24.5 Å². The highest BCUT2D eigenvalue weighted by Gasteiger charge is 2.19. The van der Waals surface area contributed by atoms with E-state index in [2.05, 4.69) is 27.4 Å². The van der Waals surface area contributed by atoms with Crippen LogP contribution in [0.5, 0.6) is 0 Å². The van der Waals surface area contributed by atoms with Crippen molar-refractivity contribution in [2.75, 3.05) is 26.8 Å². The first-order chi connectivity index (χ1) is 15.1. The van der Waals surface area contributed by atoms with Crippen LogP contribution in [0, 0.1) is 5.82 Å². The molecule has 1 aliphatic rings. The van der Waals surface area contributed by atoms with Crippen LogP contribution >= 0.6 is 0 Å². The van der Waals surface area contributed by atoms with Gasteiger partial charge in [-0.2, -0.15) is 0 Å². The minimum Gasteiger partial charge on any atom is -0.384 e. The van der Waals surface area contributed by atoms with E-state index < -0.39 is 0 Å². The Morgan fingerprint density at radius 2 is 2.10 bits per heavy atom. The van der Waals surface area contributed by atoms with Crippen molar-refractivity contribution in [3.63, 3.8) is 0 Å². The first-order valence-electron chi connectivity index (χ1n) is 10.5. The third-order valence-electron chi connectivity index (χ3n) is 5.84. The molecule has 4 aromatic rings. The topological polar surface area (TPSA) is 81.6 Å². The summed E-state index contributed by atoms with van der Waals surface area (Å²) >= 11 is 0. The average molecular weight is 420 g/mol. The molecule has 160 valence electrons. The van der Waals surface area contributed by atoms with Gasteiger partial charge in [0.05, 0.1) is 12.1 Å². The summed E-state index contributed by atoms with van der Waals surface area (Å²) in [5, 5.41) is 9.42. The lowest BCUT2D eigenvalue weighted by Gasteiger charge is -2.15. The molecule has 7 nitrogen and oxygen atoms in total. The highest BCUT2D eigenvalue weighted by atomic mass is 19.1. The number of nitrogens with two attached hydrogens (primary N) is 1. The lowest BCUT2D eigenvalue weighted by atomic mass is 10.1. The maximum atomic E-state index is 14.3. The van der Waals surface area contributed by atoms with E-state index in [9.17, 15) is 4.39 Å². The molecule has 0 bridgehead atoms. The number of methoxy groups -OCH3 is 1. The number of hydrogen-bond donors (Lipinski definition) is 1. The van der Waals surface area contributed by atoms with E-state index >= 15 is 0 Å². The van der Waals surface area contributed by atoms with E-state index in [0.29, 0.717) is 30.1 Å². The highest BCUT2D eigenvalue weighted by molar-refractivity contribution is 5.81. The first kappa shape index (κ1) is 20.0. The van der Waals surface area contributed by atoms with Crippen LogP contribution in [0.1, 0.15) is 17.5 Å². The highest BCUT2D eigenvalue weighted by Crippen LogP contribution is 2.24. The number of ether oxygens (including phenoxy) is 1. The average Bonchev–Trinajstić information content (AvgIpc) is 3.37. The molecule has 1 saturated heterocycles. The van der Waals surface area contributed by atoms with Gasteiger partial charge >= 0.3 is 0 Å². The Morgan fingerprint density at radius 3 is 2.90 bits per heavy atom. The Labute approximate surface area is 179 Å². The molecule has 8 heteroatoms. The summed E-state index contributed by atoms with van der Waals surface area (Å²) in [5.74, 6) is 0.429. The van der Waals surface area contributed by atoms with Crippen molar-refractivity contribution in [3.05, 3.63) is 59.5 Å². The van der Waals surface area contributed by atoms with Crippen LogP contribution in [-0.4, -0.2) is 57.3 Å². The summed E-state index contributed by atoms with van der Waals surface area (Å²) < 4.78 is 21.4. The molecule has 0 aliphatic carbocycles. The van der Waals surface area contributed by atoms with E-state index in [0.717, 1.165) is 42.6 Å². The Kier molecular flexibility index (Phi) is 5.35. The van der Waals surface area contributed by atoms with Crippen LogP contribution in [-0.2, 0) is 17.7 Å². The molecule has 2 N–H and O–H groups in total. The molecule has 1 unspecified atom stereocenters. The number of fused-ring (bicyclic) bond motifs is 2. The molecule has 1 atom stereocenters. The quantitative estimate of drug-likeness (QED) is 0.517. The lowest BCUT2D eigenvalue weighted by molar-refractivity contribution is 0.201. The van der Waals surface area contributed by atoms with Crippen LogP contribution in [0.4, 0.5) is 4.39 Å². The number of pyridine rings is 2.